The second kappa shape index (κ2) is 9.04. The van der Waals surface area contributed by atoms with Crippen LogP contribution in [0.15, 0.2) is 82.7 Å². The van der Waals surface area contributed by atoms with Crippen molar-refractivity contribution in [1.82, 2.24) is 0 Å². The van der Waals surface area contributed by atoms with Crippen molar-refractivity contribution in [2.45, 2.75) is 19.4 Å². The molecule has 1 amide bonds. The molecular formula is C25H21NO7. The summed E-state index contributed by atoms with van der Waals surface area (Å²) in [5.41, 5.74) is 0.819. The van der Waals surface area contributed by atoms with Crippen molar-refractivity contribution in [3.8, 4) is 5.75 Å². The summed E-state index contributed by atoms with van der Waals surface area (Å²) in [5.74, 6) is -2.75. The number of aliphatic hydroxyl groups is 1. The quantitative estimate of drug-likeness (QED) is 0.409. The molecule has 2 N–H and O–H groups in total. The third kappa shape index (κ3) is 4.10. The molecule has 3 aromatic rings. The fraction of sp³-hybridized carbons (Fsp3) is 0.160. The molecule has 1 atom stereocenters. The van der Waals surface area contributed by atoms with E-state index in [0.717, 1.165) is 0 Å². The summed E-state index contributed by atoms with van der Waals surface area (Å²) >= 11 is 0. The number of ether oxygens (including phenoxy) is 1. The van der Waals surface area contributed by atoms with Gasteiger partial charge in [0.1, 0.15) is 5.75 Å². The van der Waals surface area contributed by atoms with Crippen LogP contribution in [0.3, 0.4) is 0 Å². The van der Waals surface area contributed by atoms with Gasteiger partial charge in [-0.1, -0.05) is 25.1 Å². The number of ketones is 1. The molecule has 0 bridgehead atoms. The van der Waals surface area contributed by atoms with Gasteiger partial charge in [0.15, 0.2) is 11.5 Å². The van der Waals surface area contributed by atoms with E-state index >= 15 is 0 Å². The number of Topliss-reactive ketones (excluding diaryl/α,β-unsaturated/α-hetero) is 1. The maximum absolute atomic E-state index is 13.2. The molecule has 0 fully saturated rings. The van der Waals surface area contributed by atoms with Crippen molar-refractivity contribution in [3.05, 3.63) is 95.1 Å². The molecule has 1 aliphatic rings. The topological polar surface area (TPSA) is 117 Å². The van der Waals surface area contributed by atoms with E-state index in [9.17, 15) is 24.6 Å². The lowest BCUT2D eigenvalue weighted by atomic mass is 9.94. The third-order valence-electron chi connectivity index (χ3n) is 5.20. The van der Waals surface area contributed by atoms with Crippen LogP contribution in [0.4, 0.5) is 5.69 Å². The highest BCUT2D eigenvalue weighted by molar-refractivity contribution is 6.20. The van der Waals surface area contributed by atoms with Crippen LogP contribution in [0.1, 0.15) is 45.9 Å². The minimum atomic E-state index is -1.02. The molecule has 0 aliphatic carbocycles. The molecular weight excluding hydrogens is 426 g/mol. The maximum Gasteiger partial charge on any atom is 0.338 e. The molecule has 4 rings (SSSR count). The zero-order valence-electron chi connectivity index (χ0n) is 17.7. The number of hydrogen-bond acceptors (Lipinski definition) is 7. The average molecular weight is 447 g/mol. The number of carbonyl (C=O) groups excluding carboxylic acids is 3. The van der Waals surface area contributed by atoms with E-state index in [0.29, 0.717) is 12.0 Å². The van der Waals surface area contributed by atoms with Gasteiger partial charge in [-0.3, -0.25) is 14.5 Å². The number of rotatable bonds is 7. The number of hydrogen-bond donors (Lipinski definition) is 2. The Hall–Kier alpha value is -4.33. The molecule has 33 heavy (non-hydrogen) atoms. The van der Waals surface area contributed by atoms with E-state index in [1.807, 2.05) is 6.92 Å². The van der Waals surface area contributed by atoms with Crippen LogP contribution in [0.2, 0.25) is 0 Å². The molecule has 0 spiro atoms. The number of phenolic OH excluding ortho intramolecular Hbond substituents is 1. The van der Waals surface area contributed by atoms with Crippen molar-refractivity contribution in [1.29, 1.82) is 0 Å². The Morgan fingerprint density at radius 1 is 1.06 bits per heavy atom. The Balaban J connectivity index is 1.81. The number of benzene rings is 2. The summed E-state index contributed by atoms with van der Waals surface area (Å²) in [5, 5.41) is 20.4. The van der Waals surface area contributed by atoms with Gasteiger partial charge in [0, 0.05) is 5.69 Å². The lowest BCUT2D eigenvalue weighted by Crippen LogP contribution is -2.31. The van der Waals surface area contributed by atoms with Gasteiger partial charge in [-0.25, -0.2) is 4.79 Å². The number of carbonyl (C=O) groups is 3. The van der Waals surface area contributed by atoms with Crippen LogP contribution in [0.25, 0.3) is 0 Å². The largest absolute Gasteiger partial charge is 0.508 e. The predicted octanol–water partition coefficient (Wildman–Crippen LogP) is 4.33. The summed E-state index contributed by atoms with van der Waals surface area (Å²) in [7, 11) is 0. The van der Waals surface area contributed by atoms with Gasteiger partial charge in [0.05, 0.1) is 30.0 Å². The SMILES string of the molecule is CCCOC(=O)c1cccc(N2C(=O)C(O)=C(C(=O)c3ccco3)C2c2ccc(O)cc2)c1. The lowest BCUT2D eigenvalue weighted by Gasteiger charge is -2.27. The monoisotopic (exact) mass is 447 g/mol. The van der Waals surface area contributed by atoms with Crippen LogP contribution in [-0.4, -0.2) is 34.5 Å². The summed E-state index contributed by atoms with van der Waals surface area (Å²) in [6.07, 6.45) is 1.98. The van der Waals surface area contributed by atoms with Crippen molar-refractivity contribution < 1.29 is 33.8 Å². The second-order valence-corrected chi connectivity index (χ2v) is 7.42. The van der Waals surface area contributed by atoms with Crippen molar-refractivity contribution >= 4 is 23.3 Å². The predicted molar refractivity (Wildman–Crippen MR) is 118 cm³/mol. The highest BCUT2D eigenvalue weighted by Crippen LogP contribution is 2.42. The first-order valence-corrected chi connectivity index (χ1v) is 10.3. The number of phenols is 1. The highest BCUT2D eigenvalue weighted by Gasteiger charge is 2.45. The van der Waals surface area contributed by atoms with Gasteiger partial charge in [-0.05, 0) is 54.4 Å². The minimum Gasteiger partial charge on any atom is -0.508 e. The maximum atomic E-state index is 13.2. The first-order chi connectivity index (χ1) is 15.9. The van der Waals surface area contributed by atoms with Crippen molar-refractivity contribution in [2.24, 2.45) is 0 Å². The first kappa shape index (κ1) is 21.9. The Morgan fingerprint density at radius 2 is 1.82 bits per heavy atom. The number of amides is 1. The van der Waals surface area contributed by atoms with Crippen LogP contribution >= 0.6 is 0 Å². The van der Waals surface area contributed by atoms with Gasteiger partial charge in [0.25, 0.3) is 5.91 Å². The molecule has 8 heteroatoms. The Kier molecular flexibility index (Phi) is 5.99. The fourth-order valence-corrected chi connectivity index (χ4v) is 3.68. The summed E-state index contributed by atoms with van der Waals surface area (Å²) in [6, 6.07) is 14.1. The van der Waals surface area contributed by atoms with Crippen LogP contribution in [-0.2, 0) is 9.53 Å². The number of aromatic hydroxyl groups is 1. The molecule has 0 saturated heterocycles. The first-order valence-electron chi connectivity index (χ1n) is 10.3. The van der Waals surface area contributed by atoms with Gasteiger partial charge in [0.2, 0.25) is 5.78 Å². The second-order valence-electron chi connectivity index (χ2n) is 7.42. The van der Waals surface area contributed by atoms with E-state index in [-0.39, 0.29) is 34.9 Å². The van der Waals surface area contributed by atoms with Gasteiger partial charge >= 0.3 is 5.97 Å². The molecule has 2 aromatic carbocycles. The van der Waals surface area contributed by atoms with E-state index in [2.05, 4.69) is 0 Å². The van der Waals surface area contributed by atoms with E-state index in [4.69, 9.17) is 9.15 Å². The Labute approximate surface area is 189 Å². The number of esters is 1. The summed E-state index contributed by atoms with van der Waals surface area (Å²) < 4.78 is 10.4. The summed E-state index contributed by atoms with van der Waals surface area (Å²) in [4.78, 5) is 39.9. The zero-order chi connectivity index (χ0) is 23.5. The smallest absolute Gasteiger partial charge is 0.338 e. The van der Waals surface area contributed by atoms with Crippen LogP contribution < -0.4 is 4.90 Å². The normalized spacial score (nSPS) is 15.7. The molecule has 1 aromatic heterocycles. The molecule has 0 saturated carbocycles. The van der Waals surface area contributed by atoms with Gasteiger partial charge in [-0.2, -0.15) is 0 Å². The summed E-state index contributed by atoms with van der Waals surface area (Å²) in [6.45, 7) is 2.13. The van der Waals surface area contributed by atoms with Gasteiger partial charge < -0.3 is 19.4 Å². The van der Waals surface area contributed by atoms with Crippen molar-refractivity contribution in [2.75, 3.05) is 11.5 Å². The number of anilines is 1. The van der Waals surface area contributed by atoms with E-state index in [1.165, 1.54) is 41.5 Å². The average Bonchev–Trinajstić information content (AvgIpc) is 3.45. The highest BCUT2D eigenvalue weighted by atomic mass is 16.5. The molecule has 0 radical (unpaired) electrons. The van der Waals surface area contributed by atoms with Crippen LogP contribution in [0, 0.1) is 0 Å². The van der Waals surface area contributed by atoms with Crippen molar-refractivity contribution in [3.63, 3.8) is 0 Å². The molecule has 1 unspecified atom stereocenters. The lowest BCUT2D eigenvalue weighted by molar-refractivity contribution is -0.117. The van der Waals surface area contributed by atoms with E-state index < -0.39 is 29.5 Å². The number of aliphatic hydroxyl groups excluding tert-OH is 1. The molecule has 2 heterocycles. The molecule has 1 aliphatic heterocycles. The third-order valence-corrected chi connectivity index (χ3v) is 5.20. The Bertz CT molecular complexity index is 1230. The molecule has 168 valence electrons. The van der Waals surface area contributed by atoms with E-state index in [1.54, 1.807) is 30.3 Å². The minimum absolute atomic E-state index is 0.00223. The molecule has 8 nitrogen and oxygen atoms in total. The van der Waals surface area contributed by atoms with Gasteiger partial charge in [-0.15, -0.1) is 0 Å². The number of furan rings is 1. The number of nitrogens with zero attached hydrogens (tertiary/aromatic N) is 1. The Morgan fingerprint density at radius 3 is 2.48 bits per heavy atom. The fourth-order valence-electron chi connectivity index (χ4n) is 3.68. The van der Waals surface area contributed by atoms with Crippen LogP contribution in [0.5, 0.6) is 5.75 Å². The zero-order valence-corrected chi connectivity index (χ0v) is 17.7. The standard InChI is InChI=1S/C25H21NO7/c1-2-12-33-25(31)16-5-3-6-17(14-16)26-21(15-8-10-18(27)11-9-15)20(23(29)24(26)30)22(28)19-7-4-13-32-19/h3-11,13-14,21,27,29H,2,12H2,1H3.